The Labute approximate surface area is 165 Å². The van der Waals surface area contributed by atoms with Gasteiger partial charge in [-0.2, -0.15) is 0 Å². The second-order valence-corrected chi connectivity index (χ2v) is 8.02. The van der Waals surface area contributed by atoms with E-state index in [4.69, 9.17) is 4.74 Å². The van der Waals surface area contributed by atoms with Crippen LogP contribution < -0.4 is 4.74 Å². The second-order valence-electron chi connectivity index (χ2n) is 8.02. The summed E-state index contributed by atoms with van der Waals surface area (Å²) in [7, 11) is 0. The van der Waals surface area contributed by atoms with E-state index < -0.39 is 0 Å². The highest BCUT2D eigenvalue weighted by Gasteiger charge is 2.21. The van der Waals surface area contributed by atoms with Gasteiger partial charge in [-0.3, -0.25) is 0 Å². The molecule has 3 rings (SSSR count). The lowest BCUT2D eigenvalue weighted by atomic mass is 9.77. The van der Waals surface area contributed by atoms with Crippen LogP contribution >= 0.6 is 0 Å². The van der Waals surface area contributed by atoms with Gasteiger partial charge in [-0.05, 0) is 66.3 Å². The molecule has 0 saturated heterocycles. The van der Waals surface area contributed by atoms with Crippen molar-refractivity contribution in [1.29, 1.82) is 0 Å². The van der Waals surface area contributed by atoms with Crippen LogP contribution in [0.3, 0.4) is 0 Å². The van der Waals surface area contributed by atoms with Gasteiger partial charge in [0.25, 0.3) is 0 Å². The van der Waals surface area contributed by atoms with Gasteiger partial charge in [-0.25, -0.2) is 0 Å². The summed E-state index contributed by atoms with van der Waals surface area (Å²) in [6.07, 6.45) is 13.0. The van der Waals surface area contributed by atoms with E-state index in [1.807, 2.05) is 6.08 Å². The molecule has 0 bridgehead atoms. The van der Waals surface area contributed by atoms with Gasteiger partial charge in [0.15, 0.2) is 0 Å². The summed E-state index contributed by atoms with van der Waals surface area (Å²) in [5.74, 6) is 2.68. The highest BCUT2D eigenvalue weighted by atomic mass is 16.5. The van der Waals surface area contributed by atoms with Crippen molar-refractivity contribution in [2.24, 2.45) is 5.92 Å². The Morgan fingerprint density at radius 3 is 2.26 bits per heavy atom. The Hall–Kier alpha value is -2.02. The maximum Gasteiger partial charge on any atom is 0.119 e. The van der Waals surface area contributed by atoms with Gasteiger partial charge in [0.05, 0.1) is 0 Å². The second kappa shape index (κ2) is 10.3. The number of benzene rings is 2. The first kappa shape index (κ1) is 19.7. The van der Waals surface area contributed by atoms with Gasteiger partial charge in [0.2, 0.25) is 0 Å². The number of hydrogen-bond donors (Lipinski definition) is 0. The molecule has 2 aromatic carbocycles. The Balaban J connectivity index is 1.45. The smallest absolute Gasteiger partial charge is 0.119 e. The minimum Gasteiger partial charge on any atom is -0.489 e. The SMILES string of the molecule is C=Cc1ccc(COc2ccc(C3CCC(CCCCC)CC3)cc2)cc1. The van der Waals surface area contributed by atoms with Crippen molar-refractivity contribution in [3.8, 4) is 5.75 Å². The lowest BCUT2D eigenvalue weighted by Gasteiger charge is -2.29. The lowest BCUT2D eigenvalue weighted by Crippen LogP contribution is -2.13. The van der Waals surface area contributed by atoms with E-state index in [0.29, 0.717) is 6.61 Å². The molecule has 1 nitrogen and oxygen atoms in total. The van der Waals surface area contributed by atoms with E-state index in [2.05, 4.69) is 62.0 Å². The molecule has 0 radical (unpaired) electrons. The standard InChI is InChI=1S/C26H34O/c1-3-5-6-7-22-12-14-24(15-13-22)25-16-18-26(19-17-25)27-20-23-10-8-21(4-2)9-11-23/h4,8-11,16-19,22,24H,2-3,5-7,12-15,20H2,1H3. The van der Waals surface area contributed by atoms with Crippen LogP contribution in [0.1, 0.15) is 80.9 Å². The van der Waals surface area contributed by atoms with Gasteiger partial charge in [0.1, 0.15) is 12.4 Å². The molecule has 0 atom stereocenters. The van der Waals surface area contributed by atoms with Crippen LogP contribution in [-0.4, -0.2) is 0 Å². The predicted octanol–water partition coefficient (Wildman–Crippen LogP) is 7.76. The maximum absolute atomic E-state index is 5.95. The third-order valence-electron chi connectivity index (χ3n) is 6.04. The lowest BCUT2D eigenvalue weighted by molar-refractivity contribution is 0.300. The number of hydrogen-bond acceptors (Lipinski definition) is 1. The fraction of sp³-hybridized carbons (Fsp3) is 0.462. The minimum absolute atomic E-state index is 0.611. The van der Waals surface area contributed by atoms with Gasteiger partial charge >= 0.3 is 0 Å². The zero-order valence-corrected chi connectivity index (χ0v) is 16.8. The third kappa shape index (κ3) is 5.99. The zero-order chi connectivity index (χ0) is 18.9. The van der Waals surface area contributed by atoms with Crippen LogP contribution in [0.5, 0.6) is 5.75 Å². The molecule has 1 fully saturated rings. The zero-order valence-electron chi connectivity index (χ0n) is 16.8. The van der Waals surface area contributed by atoms with Crippen molar-refractivity contribution in [2.75, 3.05) is 0 Å². The number of rotatable bonds is 9. The third-order valence-corrected chi connectivity index (χ3v) is 6.04. The molecule has 27 heavy (non-hydrogen) atoms. The largest absolute Gasteiger partial charge is 0.489 e. The molecule has 1 aliphatic rings. The average molecular weight is 363 g/mol. The van der Waals surface area contributed by atoms with Gasteiger partial charge in [0, 0.05) is 0 Å². The minimum atomic E-state index is 0.611. The Bertz CT molecular complexity index is 675. The van der Waals surface area contributed by atoms with E-state index in [1.165, 1.54) is 62.5 Å². The molecular weight excluding hydrogens is 328 g/mol. The number of ether oxygens (including phenoxy) is 1. The van der Waals surface area contributed by atoms with Crippen LogP contribution in [0.15, 0.2) is 55.1 Å². The first-order chi connectivity index (χ1) is 13.3. The van der Waals surface area contributed by atoms with Crippen LogP contribution in [0.2, 0.25) is 0 Å². The van der Waals surface area contributed by atoms with E-state index >= 15 is 0 Å². The molecule has 144 valence electrons. The van der Waals surface area contributed by atoms with E-state index in [9.17, 15) is 0 Å². The van der Waals surface area contributed by atoms with Crippen molar-refractivity contribution in [3.05, 3.63) is 71.8 Å². The van der Waals surface area contributed by atoms with Crippen LogP contribution in [0.25, 0.3) is 6.08 Å². The van der Waals surface area contributed by atoms with Gasteiger partial charge in [-0.1, -0.05) is 81.7 Å². The van der Waals surface area contributed by atoms with Crippen molar-refractivity contribution in [1.82, 2.24) is 0 Å². The summed E-state index contributed by atoms with van der Waals surface area (Å²) in [4.78, 5) is 0. The first-order valence-electron chi connectivity index (χ1n) is 10.7. The maximum atomic E-state index is 5.95. The van der Waals surface area contributed by atoms with E-state index in [1.54, 1.807) is 0 Å². The van der Waals surface area contributed by atoms with Crippen LogP contribution in [-0.2, 0) is 6.61 Å². The molecule has 0 N–H and O–H groups in total. The summed E-state index contributed by atoms with van der Waals surface area (Å²) in [5, 5.41) is 0. The topological polar surface area (TPSA) is 9.23 Å². The molecule has 0 spiro atoms. The molecule has 1 aliphatic carbocycles. The van der Waals surface area contributed by atoms with Crippen LogP contribution in [0.4, 0.5) is 0 Å². The quantitative estimate of drug-likeness (QED) is 0.414. The molecule has 0 unspecified atom stereocenters. The Morgan fingerprint density at radius 1 is 0.926 bits per heavy atom. The van der Waals surface area contributed by atoms with Gasteiger partial charge in [-0.15, -0.1) is 0 Å². The predicted molar refractivity (Wildman–Crippen MR) is 116 cm³/mol. The summed E-state index contributed by atoms with van der Waals surface area (Å²) in [5.41, 5.74) is 3.82. The molecule has 1 heteroatoms. The molecule has 2 aromatic rings. The fourth-order valence-electron chi connectivity index (χ4n) is 4.22. The normalized spacial score (nSPS) is 19.6. The van der Waals surface area contributed by atoms with Gasteiger partial charge < -0.3 is 4.74 Å². The Kier molecular flexibility index (Phi) is 7.56. The van der Waals surface area contributed by atoms with Crippen molar-refractivity contribution < 1.29 is 4.74 Å². The summed E-state index contributed by atoms with van der Waals surface area (Å²) in [6, 6.07) is 17.2. The monoisotopic (exact) mass is 362 g/mol. The van der Waals surface area contributed by atoms with E-state index in [0.717, 1.165) is 23.1 Å². The van der Waals surface area contributed by atoms with Crippen LogP contribution in [0, 0.1) is 5.92 Å². The molecule has 0 aromatic heterocycles. The molecular formula is C26H34O. The average Bonchev–Trinajstić information content (AvgIpc) is 2.74. The molecule has 0 heterocycles. The number of unbranched alkanes of at least 4 members (excludes halogenated alkanes) is 2. The first-order valence-corrected chi connectivity index (χ1v) is 10.7. The highest BCUT2D eigenvalue weighted by Crippen LogP contribution is 2.38. The molecule has 1 saturated carbocycles. The van der Waals surface area contributed by atoms with Crippen molar-refractivity contribution in [2.45, 2.75) is 70.8 Å². The van der Waals surface area contributed by atoms with E-state index in [-0.39, 0.29) is 0 Å². The summed E-state index contributed by atoms with van der Waals surface area (Å²) >= 11 is 0. The van der Waals surface area contributed by atoms with Crippen molar-refractivity contribution in [3.63, 3.8) is 0 Å². The molecule has 0 aliphatic heterocycles. The fourth-order valence-corrected chi connectivity index (χ4v) is 4.22. The van der Waals surface area contributed by atoms with Crippen molar-refractivity contribution >= 4 is 6.08 Å². The summed E-state index contributed by atoms with van der Waals surface area (Å²) < 4.78 is 5.95. The molecule has 0 amide bonds. The summed E-state index contributed by atoms with van der Waals surface area (Å²) in [6.45, 7) is 6.70. The Morgan fingerprint density at radius 2 is 1.63 bits per heavy atom. The highest BCUT2D eigenvalue weighted by molar-refractivity contribution is 5.47.